The van der Waals surface area contributed by atoms with Gasteiger partial charge in [-0.15, -0.1) is 0 Å². The minimum Gasteiger partial charge on any atom is -0.497 e. The number of nitrogens with zero attached hydrogens (tertiary/aromatic N) is 1. The summed E-state index contributed by atoms with van der Waals surface area (Å²) in [6, 6.07) is 0. The van der Waals surface area contributed by atoms with Gasteiger partial charge in [-0.1, -0.05) is 27.4 Å². The third-order valence-corrected chi connectivity index (χ3v) is 8.22. The minimum absolute atomic E-state index is 0.151. The van der Waals surface area contributed by atoms with Crippen molar-refractivity contribution >= 4 is 11.8 Å². The largest absolute Gasteiger partial charge is 0.497 e. The number of primary amides is 1. The topological polar surface area (TPSA) is 125 Å². The van der Waals surface area contributed by atoms with Crippen LogP contribution < -0.4 is 11.1 Å². The second-order valence-electron chi connectivity index (χ2n) is 11.4. The summed E-state index contributed by atoms with van der Waals surface area (Å²) in [5, 5.41) is 22.4. The van der Waals surface area contributed by atoms with Gasteiger partial charge in [-0.05, 0) is 69.9 Å². The van der Waals surface area contributed by atoms with E-state index in [9.17, 15) is 19.8 Å². The van der Waals surface area contributed by atoms with Crippen LogP contribution in [0, 0.1) is 40.9 Å². The maximum absolute atomic E-state index is 13.1. The highest BCUT2D eigenvalue weighted by molar-refractivity contribution is 5.81. The van der Waals surface area contributed by atoms with Gasteiger partial charge in [0.25, 0.3) is 0 Å². The van der Waals surface area contributed by atoms with Crippen LogP contribution in [0.1, 0.15) is 52.9 Å². The second kappa shape index (κ2) is 12.4. The molecule has 0 aromatic heterocycles. The van der Waals surface area contributed by atoms with Crippen molar-refractivity contribution in [2.75, 3.05) is 40.4 Å². The highest BCUT2D eigenvalue weighted by atomic mass is 16.5. The van der Waals surface area contributed by atoms with Gasteiger partial charge in [-0.3, -0.25) is 9.59 Å². The molecule has 0 aliphatic heterocycles. The number of rotatable bonds is 15. The molecular weight excluding hydrogens is 434 g/mol. The van der Waals surface area contributed by atoms with Crippen LogP contribution in [-0.4, -0.2) is 73.4 Å². The van der Waals surface area contributed by atoms with E-state index in [2.05, 4.69) is 18.8 Å². The fourth-order valence-electron chi connectivity index (χ4n) is 5.99. The molecule has 0 aromatic rings. The Morgan fingerprint density at radius 2 is 1.94 bits per heavy atom. The van der Waals surface area contributed by atoms with Crippen LogP contribution in [-0.2, 0) is 14.3 Å². The summed E-state index contributed by atoms with van der Waals surface area (Å²) in [4.78, 5) is 27.6. The number of nitrogens with two attached hydrogens (primary N) is 1. The number of nitrogens with one attached hydrogen (secondary N) is 1. The van der Waals surface area contributed by atoms with Crippen molar-refractivity contribution in [2.24, 2.45) is 46.7 Å². The summed E-state index contributed by atoms with van der Waals surface area (Å²) < 4.78 is 5.87. The van der Waals surface area contributed by atoms with Crippen LogP contribution in [0.25, 0.3) is 0 Å². The number of allylic oxidation sites excluding steroid dienone is 1. The summed E-state index contributed by atoms with van der Waals surface area (Å²) >= 11 is 0. The zero-order valence-electron chi connectivity index (χ0n) is 21.8. The number of aliphatic hydroxyl groups is 2. The smallest absolute Gasteiger partial charge is 0.223 e. The summed E-state index contributed by atoms with van der Waals surface area (Å²) in [7, 11) is 3.94. The van der Waals surface area contributed by atoms with E-state index in [4.69, 9.17) is 10.5 Å². The Kier molecular flexibility index (Phi) is 10.4. The lowest BCUT2D eigenvalue weighted by atomic mass is 9.71. The van der Waals surface area contributed by atoms with Gasteiger partial charge in [0.2, 0.25) is 11.8 Å². The molecule has 196 valence electrons. The molecule has 0 spiro atoms. The quantitative estimate of drug-likeness (QED) is 0.264. The molecular formula is C26H47N3O5. The monoisotopic (exact) mass is 481 g/mol. The number of aliphatic hydroxyl groups excluding tert-OH is 2. The molecule has 2 rings (SSSR count). The van der Waals surface area contributed by atoms with Crippen LogP contribution in [0.2, 0.25) is 0 Å². The number of hydrogen-bond acceptors (Lipinski definition) is 6. The lowest BCUT2D eigenvalue weighted by Crippen LogP contribution is -2.40. The van der Waals surface area contributed by atoms with E-state index < -0.39 is 23.2 Å². The number of likely N-dealkylation sites (N-methyl/N-ethyl adjacent to an activating group) is 1. The third kappa shape index (κ3) is 7.43. The van der Waals surface area contributed by atoms with Gasteiger partial charge in [0, 0.05) is 30.3 Å². The molecule has 2 fully saturated rings. The Morgan fingerprint density at radius 3 is 2.50 bits per heavy atom. The van der Waals surface area contributed by atoms with Crippen molar-refractivity contribution in [3.05, 3.63) is 12.3 Å². The molecule has 2 aliphatic carbocycles. The highest BCUT2D eigenvalue weighted by Crippen LogP contribution is 2.54. The molecule has 0 heterocycles. The van der Waals surface area contributed by atoms with Crippen LogP contribution in [0.3, 0.4) is 0 Å². The first kappa shape index (κ1) is 28.6. The van der Waals surface area contributed by atoms with E-state index in [1.807, 2.05) is 32.8 Å². The van der Waals surface area contributed by atoms with Crippen molar-refractivity contribution in [3.63, 3.8) is 0 Å². The van der Waals surface area contributed by atoms with E-state index in [1.165, 1.54) is 0 Å². The third-order valence-electron chi connectivity index (χ3n) is 8.22. The van der Waals surface area contributed by atoms with Crippen molar-refractivity contribution in [1.82, 2.24) is 10.2 Å². The summed E-state index contributed by atoms with van der Waals surface area (Å²) in [6.45, 7) is 11.6. The molecule has 2 aliphatic rings. The molecule has 7 unspecified atom stereocenters. The predicted molar refractivity (Wildman–Crippen MR) is 132 cm³/mol. The van der Waals surface area contributed by atoms with Gasteiger partial charge in [-0.2, -0.15) is 0 Å². The number of carbonyl (C=O) groups excluding carboxylic acids is 2. The molecule has 8 nitrogen and oxygen atoms in total. The maximum atomic E-state index is 13.1. The molecule has 5 N–H and O–H groups in total. The molecule has 7 atom stereocenters. The van der Waals surface area contributed by atoms with E-state index in [0.29, 0.717) is 43.5 Å². The SMILES string of the molecule is C=C(OCCN(C)C)C(C)(C)CC(CC(CC1C(C)C2CC(O)C1C2)C(N)=O)C(=O)NCCO. The summed E-state index contributed by atoms with van der Waals surface area (Å²) in [6.07, 6.45) is 2.93. The molecule has 2 saturated carbocycles. The predicted octanol–water partition coefficient (Wildman–Crippen LogP) is 1.75. The van der Waals surface area contributed by atoms with Crippen molar-refractivity contribution < 1.29 is 24.5 Å². The molecule has 2 bridgehead atoms. The first-order chi connectivity index (χ1) is 15.9. The first-order valence-corrected chi connectivity index (χ1v) is 12.7. The van der Waals surface area contributed by atoms with E-state index in [-0.39, 0.29) is 37.0 Å². The highest BCUT2D eigenvalue weighted by Gasteiger charge is 2.51. The second-order valence-corrected chi connectivity index (χ2v) is 11.4. The van der Waals surface area contributed by atoms with Crippen molar-refractivity contribution in [2.45, 2.75) is 59.0 Å². The fraction of sp³-hybridized carbons (Fsp3) is 0.846. The zero-order chi connectivity index (χ0) is 25.6. The Morgan fingerprint density at radius 1 is 1.26 bits per heavy atom. The van der Waals surface area contributed by atoms with Gasteiger partial charge in [-0.25, -0.2) is 0 Å². The van der Waals surface area contributed by atoms with Crippen LogP contribution in [0.4, 0.5) is 0 Å². The molecule has 0 aromatic carbocycles. The Balaban J connectivity index is 2.12. The lowest BCUT2D eigenvalue weighted by molar-refractivity contribution is -0.128. The van der Waals surface area contributed by atoms with Crippen LogP contribution in [0.15, 0.2) is 12.3 Å². The average molecular weight is 482 g/mol. The molecule has 34 heavy (non-hydrogen) atoms. The van der Waals surface area contributed by atoms with E-state index in [0.717, 1.165) is 19.4 Å². The van der Waals surface area contributed by atoms with Gasteiger partial charge >= 0.3 is 0 Å². The lowest BCUT2D eigenvalue weighted by Gasteiger charge is -2.35. The Labute approximate surface area is 205 Å². The van der Waals surface area contributed by atoms with Crippen LogP contribution >= 0.6 is 0 Å². The molecule has 2 amide bonds. The number of ether oxygens (including phenoxy) is 1. The van der Waals surface area contributed by atoms with Crippen molar-refractivity contribution in [3.8, 4) is 0 Å². The van der Waals surface area contributed by atoms with Gasteiger partial charge in [0.15, 0.2) is 0 Å². The zero-order valence-corrected chi connectivity index (χ0v) is 21.8. The first-order valence-electron chi connectivity index (χ1n) is 12.7. The van der Waals surface area contributed by atoms with Gasteiger partial charge in [0.1, 0.15) is 6.61 Å². The standard InChI is InChI=1S/C26H47N3O5/c1-16-18-12-22(23(31)14-18)21(16)13-19(24(27)32)11-20(25(33)28-7-9-30)15-26(3,4)17(2)34-10-8-29(5)6/h16,18-23,30-31H,2,7-15H2,1,3-6H3,(H2,27,32)(H,28,33). The Bertz CT molecular complexity index is 711. The fourth-order valence-corrected chi connectivity index (χ4v) is 5.99. The number of fused-ring (bicyclic) bond motifs is 2. The normalized spacial score (nSPS) is 28.1. The number of carbonyl (C=O) groups is 2. The van der Waals surface area contributed by atoms with Gasteiger partial charge < -0.3 is 30.9 Å². The number of amides is 2. The van der Waals surface area contributed by atoms with E-state index >= 15 is 0 Å². The van der Waals surface area contributed by atoms with Crippen LogP contribution in [0.5, 0.6) is 0 Å². The molecule has 0 radical (unpaired) electrons. The molecule has 8 heteroatoms. The van der Waals surface area contributed by atoms with E-state index in [1.54, 1.807) is 0 Å². The maximum Gasteiger partial charge on any atom is 0.223 e. The average Bonchev–Trinajstić information content (AvgIpc) is 3.27. The minimum atomic E-state index is -0.494. The van der Waals surface area contributed by atoms with Gasteiger partial charge in [0.05, 0.1) is 18.5 Å². The summed E-state index contributed by atoms with van der Waals surface area (Å²) in [5.74, 6) is 0.472. The number of hydrogen-bond donors (Lipinski definition) is 4. The van der Waals surface area contributed by atoms with Crippen molar-refractivity contribution in [1.29, 1.82) is 0 Å². The Hall–Kier alpha value is -1.64. The molecule has 0 saturated heterocycles. The summed E-state index contributed by atoms with van der Waals surface area (Å²) in [5.41, 5.74) is 5.34.